The zero-order chi connectivity index (χ0) is 61.7. The second-order valence-electron chi connectivity index (χ2n) is 28.7. The van der Waals surface area contributed by atoms with Crippen LogP contribution in [0.4, 0.5) is 0 Å². The number of aryl methyl sites for hydroxylation is 2. The Hall–Kier alpha value is -3.64. The topological polar surface area (TPSA) is 126 Å². The lowest BCUT2D eigenvalue weighted by Gasteiger charge is -2.26. The number of benzene rings is 4. The number of rotatable bonds is 29. The maximum atomic E-state index is 6.85. The monoisotopic (exact) mass is 1200 g/mol. The van der Waals surface area contributed by atoms with E-state index in [1.54, 1.807) is 0 Å². The summed E-state index contributed by atoms with van der Waals surface area (Å²) < 4.78 is 75.0. The van der Waals surface area contributed by atoms with E-state index in [0.717, 1.165) is 93.5 Å². The smallest absolute Gasteiger partial charge is 0.387 e. The van der Waals surface area contributed by atoms with Gasteiger partial charge < -0.3 is 45.2 Å². The number of ether oxygens (including phenoxy) is 6. The molecule has 2 heterocycles. The quantitative estimate of drug-likeness (QED) is 0.0415. The molecule has 12 nitrogen and oxygen atoms in total. The molecule has 0 amide bonds. The highest BCUT2D eigenvalue weighted by Crippen LogP contribution is 2.46. The second-order valence-corrected chi connectivity index (χ2v) is 30.8. The van der Waals surface area contributed by atoms with Crippen molar-refractivity contribution in [1.82, 2.24) is 0 Å². The van der Waals surface area contributed by atoms with Crippen LogP contribution in [0.2, 0.25) is 0 Å². The number of hydrogen-bond donors (Lipinski definition) is 0. The minimum atomic E-state index is -1.77. The molecule has 0 aliphatic heterocycles. The Morgan fingerprint density at radius 1 is 0.298 bits per heavy atom. The lowest BCUT2D eigenvalue weighted by atomic mass is 9.79. The number of unbranched alkanes of at least 4 members (excludes halogenated alkanes) is 2. The molecule has 0 N–H and O–H groups in total. The highest BCUT2D eigenvalue weighted by Gasteiger charge is 2.29. The van der Waals surface area contributed by atoms with Crippen molar-refractivity contribution in [3.8, 4) is 0 Å². The van der Waals surface area contributed by atoms with E-state index < -0.39 is 16.5 Å². The Morgan fingerprint density at radius 3 is 0.786 bits per heavy atom. The van der Waals surface area contributed by atoms with Crippen molar-refractivity contribution in [2.24, 2.45) is 0 Å². The molecule has 0 aliphatic rings. The van der Waals surface area contributed by atoms with E-state index in [2.05, 4.69) is 187 Å². The van der Waals surface area contributed by atoms with Crippen LogP contribution in [0.1, 0.15) is 209 Å². The Labute approximate surface area is 507 Å². The van der Waals surface area contributed by atoms with Gasteiger partial charge in [-0.25, -0.2) is 0 Å². The van der Waals surface area contributed by atoms with Gasteiger partial charge in [0.2, 0.25) is 0 Å². The standard InChI is InChI=1S/C70H108O12P2/c1-21-23-25-49-41-51(65(3,4)5)43-55-57-45-53(67(9,10)11)47-59(69(15,16)17)63(57)81-83(79-61(49)55)77-39-37-75-35-33-73-31-29-71-27-28-72-30-32-74-34-36-76-38-40-78-84-80-62-50(26-24-22-2)42-52(66(6,7)8)44-56(62)58-46-54(68(12,13)14)48-60(64(58)82-84)70(18,19)20/h41-48H,21-40H2,1-20H3. The lowest BCUT2D eigenvalue weighted by molar-refractivity contribution is -0.0180. The van der Waals surface area contributed by atoms with Crippen LogP contribution in [0, 0.1) is 0 Å². The van der Waals surface area contributed by atoms with Crippen molar-refractivity contribution >= 4 is 60.4 Å². The van der Waals surface area contributed by atoms with Crippen molar-refractivity contribution in [3.05, 3.63) is 93.0 Å². The van der Waals surface area contributed by atoms with Crippen LogP contribution in [-0.2, 0) is 73.8 Å². The maximum absolute atomic E-state index is 6.85. The van der Waals surface area contributed by atoms with Gasteiger partial charge in [-0.05, 0) is 116 Å². The molecule has 2 aromatic heterocycles. The SMILES string of the molecule is CCCCc1cc(C(C)(C)C)cc2c1op(OCCOCCOCCOCCOCCOCCOCCOp1oc3c(CCCC)cc(C(C)(C)C)cc3c3cc(C(C)(C)C)cc(C(C)(C)C)c3o1)oc1c(C(C)(C)C)cc(C(C)(C)C)cc12. The van der Waals surface area contributed by atoms with Crippen LogP contribution in [-0.4, -0.2) is 92.5 Å². The van der Waals surface area contributed by atoms with E-state index >= 15 is 0 Å². The first-order valence-electron chi connectivity index (χ1n) is 31.2. The van der Waals surface area contributed by atoms with Gasteiger partial charge in [-0.15, -0.1) is 0 Å². The second kappa shape index (κ2) is 30.5. The van der Waals surface area contributed by atoms with Gasteiger partial charge in [0.25, 0.3) is 0 Å². The van der Waals surface area contributed by atoms with E-state index in [4.69, 9.17) is 54.3 Å². The first kappa shape index (κ1) is 69.5. The van der Waals surface area contributed by atoms with Crippen molar-refractivity contribution < 1.29 is 54.3 Å². The molecule has 84 heavy (non-hydrogen) atoms. The van der Waals surface area contributed by atoms with Crippen molar-refractivity contribution in [2.45, 2.75) is 209 Å². The fraction of sp³-hybridized carbons (Fsp3) is 0.657. The van der Waals surface area contributed by atoms with Crippen LogP contribution in [0.15, 0.2) is 65.3 Å². The molecule has 4 aromatic carbocycles. The Bertz CT molecular complexity index is 2920. The number of fused-ring (bicyclic) bond motifs is 6. The van der Waals surface area contributed by atoms with Crippen LogP contribution in [0.5, 0.6) is 0 Å². The molecular formula is C70H108O12P2. The molecule has 0 bridgehead atoms. The lowest BCUT2D eigenvalue weighted by Crippen LogP contribution is -2.16. The summed E-state index contributed by atoms with van der Waals surface area (Å²) in [5, 5.41) is 4.29. The summed E-state index contributed by atoms with van der Waals surface area (Å²) in [6.07, 6.45) is 6.14. The van der Waals surface area contributed by atoms with Crippen molar-refractivity contribution in [3.63, 3.8) is 0 Å². The molecule has 470 valence electrons. The normalized spacial score (nSPS) is 13.6. The van der Waals surface area contributed by atoms with E-state index in [1.165, 1.54) is 33.4 Å². The molecule has 0 fully saturated rings. The summed E-state index contributed by atoms with van der Waals surface area (Å²) >= 11 is 0. The first-order chi connectivity index (χ1) is 39.4. The third kappa shape index (κ3) is 19.9. The average Bonchev–Trinajstić information content (AvgIpc) is 1.71. The number of hydrogen-bond acceptors (Lipinski definition) is 12. The summed E-state index contributed by atoms with van der Waals surface area (Å²) in [5.74, 6) is 0. The minimum absolute atomic E-state index is 0.0443. The molecule has 0 saturated heterocycles. The van der Waals surface area contributed by atoms with Crippen LogP contribution in [0.3, 0.4) is 0 Å². The van der Waals surface area contributed by atoms with Gasteiger partial charge in [0.15, 0.2) is 0 Å². The van der Waals surface area contributed by atoms with Crippen LogP contribution < -0.4 is 9.05 Å². The maximum Gasteiger partial charge on any atom is 0.387 e. The van der Waals surface area contributed by atoms with Crippen molar-refractivity contribution in [2.75, 3.05) is 92.5 Å². The Morgan fingerprint density at radius 2 is 0.536 bits per heavy atom. The third-order valence-corrected chi connectivity index (χ3v) is 17.3. The molecule has 0 aliphatic carbocycles. The van der Waals surface area contributed by atoms with Gasteiger partial charge in [-0.1, -0.05) is 176 Å². The third-order valence-electron chi connectivity index (χ3n) is 15.1. The largest absolute Gasteiger partial charge is 0.399 e. The van der Waals surface area contributed by atoms with Crippen LogP contribution in [0.25, 0.3) is 43.9 Å². The molecule has 2 atom stereocenters. The van der Waals surface area contributed by atoms with Gasteiger partial charge >= 0.3 is 16.5 Å². The van der Waals surface area contributed by atoms with Crippen LogP contribution >= 0.6 is 16.5 Å². The average molecular weight is 1200 g/mol. The molecule has 0 spiro atoms. The predicted octanol–water partition coefficient (Wildman–Crippen LogP) is 19.0. The highest BCUT2D eigenvalue weighted by molar-refractivity contribution is 7.32. The highest BCUT2D eigenvalue weighted by atomic mass is 31.1. The van der Waals surface area contributed by atoms with E-state index in [-0.39, 0.29) is 32.5 Å². The summed E-state index contributed by atoms with van der Waals surface area (Å²) in [4.78, 5) is 0. The minimum Gasteiger partial charge on any atom is -0.399 e. The Balaban J connectivity index is 0.901. The van der Waals surface area contributed by atoms with E-state index in [1.807, 2.05) is 0 Å². The van der Waals surface area contributed by atoms with Gasteiger partial charge in [0, 0.05) is 32.7 Å². The Kier molecular flexibility index (Phi) is 25.2. The molecule has 0 saturated carbocycles. The van der Waals surface area contributed by atoms with Gasteiger partial charge in [0.05, 0.1) is 92.5 Å². The van der Waals surface area contributed by atoms with E-state index in [0.29, 0.717) is 92.5 Å². The van der Waals surface area contributed by atoms with Gasteiger partial charge in [0.1, 0.15) is 22.3 Å². The predicted molar refractivity (Wildman–Crippen MR) is 350 cm³/mol. The summed E-state index contributed by atoms with van der Waals surface area (Å²) in [6.45, 7) is 51.2. The molecule has 0 radical (unpaired) electrons. The summed E-state index contributed by atoms with van der Waals surface area (Å²) in [7, 11) is -3.54. The molecule has 6 aromatic rings. The van der Waals surface area contributed by atoms with Gasteiger partial charge in [-0.3, -0.25) is 9.05 Å². The fourth-order valence-corrected chi connectivity index (χ4v) is 11.9. The summed E-state index contributed by atoms with van der Waals surface area (Å²) in [6, 6.07) is 18.6. The zero-order valence-electron chi connectivity index (χ0n) is 55.6. The molecule has 6 rings (SSSR count). The summed E-state index contributed by atoms with van der Waals surface area (Å²) in [5.41, 5.74) is 12.6. The van der Waals surface area contributed by atoms with Crippen molar-refractivity contribution in [1.29, 1.82) is 0 Å². The fourth-order valence-electron chi connectivity index (χ4n) is 9.78. The molecule has 14 heteroatoms. The van der Waals surface area contributed by atoms with E-state index in [9.17, 15) is 0 Å². The van der Waals surface area contributed by atoms with Gasteiger partial charge in [-0.2, -0.15) is 0 Å². The molecule has 2 unspecified atom stereocenters. The first-order valence-corrected chi connectivity index (χ1v) is 33.4. The molecular weight excluding hydrogens is 1090 g/mol. The zero-order valence-corrected chi connectivity index (χ0v) is 57.3.